The quantitative estimate of drug-likeness (QED) is 0.455. The van der Waals surface area contributed by atoms with Crippen molar-refractivity contribution in [3.63, 3.8) is 0 Å². The van der Waals surface area contributed by atoms with Crippen LogP contribution >= 0.6 is 0 Å². The molecule has 0 fully saturated rings. The molecule has 2 heterocycles. The van der Waals surface area contributed by atoms with E-state index in [1.54, 1.807) is 0 Å². The minimum atomic E-state index is -3.04. The van der Waals surface area contributed by atoms with Gasteiger partial charge in [-0.15, -0.1) is 0 Å². The first-order valence-electron chi connectivity index (χ1n) is 12.3. The third kappa shape index (κ3) is 3.22. The fourth-order valence-electron chi connectivity index (χ4n) is 2.95. The lowest BCUT2D eigenvalue weighted by molar-refractivity contribution is 0.417. The fraction of sp³-hybridized carbons (Fsp3) is 0.130. The molecule has 0 aliphatic rings. The first-order valence-corrected chi connectivity index (χ1v) is 8.27. The lowest BCUT2D eigenvalue weighted by Crippen LogP contribution is -2.03. The van der Waals surface area contributed by atoms with E-state index in [2.05, 4.69) is 9.98 Å². The van der Waals surface area contributed by atoms with Gasteiger partial charge in [0.1, 0.15) is 0 Å². The minimum absolute atomic E-state index is 0.0727. The van der Waals surface area contributed by atoms with Crippen LogP contribution in [0.4, 0.5) is 5.82 Å². The van der Waals surface area contributed by atoms with Crippen molar-refractivity contribution in [2.45, 2.75) is 13.3 Å². The third-order valence-electron chi connectivity index (χ3n) is 4.20. The van der Waals surface area contributed by atoms with Crippen LogP contribution in [-0.2, 0) is 6.50 Å². The highest BCUT2D eigenvalue weighted by Gasteiger charge is 2.15. The zero-order chi connectivity index (χ0) is 25.4. The Morgan fingerprint density at radius 2 is 1.78 bits per heavy atom. The van der Waals surface area contributed by atoms with Crippen LogP contribution in [-0.4, -0.2) is 22.3 Å². The van der Waals surface area contributed by atoms with Crippen LogP contribution in [0.25, 0.3) is 10.9 Å². The summed E-state index contributed by atoms with van der Waals surface area (Å²) in [6.07, 6.45) is 2.61. The predicted octanol–water partition coefficient (Wildman–Crippen LogP) is 5.23. The zero-order valence-electron chi connectivity index (χ0n) is 22.3. The second kappa shape index (κ2) is 7.46. The van der Waals surface area contributed by atoms with Gasteiger partial charge < -0.3 is 9.30 Å². The Morgan fingerprint density at radius 3 is 2.41 bits per heavy atom. The highest BCUT2D eigenvalue weighted by Crippen LogP contribution is 2.35. The summed E-state index contributed by atoms with van der Waals surface area (Å²) in [5.74, 6) is -0.470. The SMILES string of the molecule is [2H]C([2H])([2H])Oc1c(N=C(c2ccccc2)c2ccccc2)ncc2ccn(C([2H])([2H])C([2H])([2H])[2H])c12. The average Bonchev–Trinajstić information content (AvgIpc) is 3.23. The summed E-state index contributed by atoms with van der Waals surface area (Å²) in [4.78, 5) is 8.95. The number of methoxy groups -OCH3 is 1. The van der Waals surface area contributed by atoms with Crippen LogP contribution in [0.2, 0.25) is 0 Å². The monoisotopic (exact) mass is 363 g/mol. The molecule has 0 spiro atoms. The number of fused-ring (bicyclic) bond motifs is 1. The lowest BCUT2D eigenvalue weighted by Gasteiger charge is -2.11. The number of hydrogen-bond acceptors (Lipinski definition) is 3. The Morgan fingerprint density at radius 1 is 1.07 bits per heavy atom. The normalized spacial score (nSPS) is 16.6. The number of aliphatic imine (C=N–C) groups is 1. The zero-order valence-corrected chi connectivity index (χ0v) is 14.3. The molecule has 0 saturated carbocycles. The number of pyridine rings is 1. The summed E-state index contributed by atoms with van der Waals surface area (Å²) in [6.45, 7) is -5.90. The van der Waals surface area contributed by atoms with Gasteiger partial charge in [-0.1, -0.05) is 60.7 Å². The minimum Gasteiger partial charge on any atom is -0.491 e. The molecule has 0 bridgehead atoms. The van der Waals surface area contributed by atoms with Crippen LogP contribution in [0.5, 0.6) is 5.75 Å². The Hall–Kier alpha value is -3.40. The molecular weight excluding hydrogens is 334 g/mol. The molecule has 4 nitrogen and oxygen atoms in total. The lowest BCUT2D eigenvalue weighted by atomic mass is 10.0. The molecule has 0 atom stereocenters. The van der Waals surface area contributed by atoms with Crippen LogP contribution < -0.4 is 4.74 Å². The van der Waals surface area contributed by atoms with Gasteiger partial charge in [0.15, 0.2) is 11.6 Å². The van der Waals surface area contributed by atoms with E-state index in [9.17, 15) is 0 Å². The molecule has 134 valence electrons. The Balaban J connectivity index is 2.04. The number of rotatable bonds is 5. The van der Waals surface area contributed by atoms with Gasteiger partial charge in [-0.2, -0.15) is 0 Å². The van der Waals surface area contributed by atoms with Crippen molar-refractivity contribution in [3.8, 4) is 5.75 Å². The van der Waals surface area contributed by atoms with E-state index in [1.165, 1.54) is 18.5 Å². The largest absolute Gasteiger partial charge is 0.491 e. The smallest absolute Gasteiger partial charge is 0.197 e. The van der Waals surface area contributed by atoms with Crippen molar-refractivity contribution in [1.82, 2.24) is 9.55 Å². The summed E-state index contributed by atoms with van der Waals surface area (Å²) < 4.78 is 68.7. The molecule has 4 heteroatoms. The molecule has 0 saturated heterocycles. The standard InChI is InChI=1S/C23H21N3O/c1-3-26-15-14-19-16-24-23(22(27-2)21(19)26)25-20(17-10-6-4-7-11-17)18-12-8-5-9-13-18/h4-16H,3H2,1-2H3/i1D3,2D3,3D2. The second-order valence-corrected chi connectivity index (χ2v) is 5.81. The number of nitrogens with zero attached hydrogens (tertiary/aromatic N) is 3. The first-order chi connectivity index (χ1) is 16.4. The highest BCUT2D eigenvalue weighted by atomic mass is 16.5. The molecule has 0 radical (unpaired) electrons. The van der Waals surface area contributed by atoms with Crippen molar-refractivity contribution in [3.05, 3.63) is 90.3 Å². The van der Waals surface area contributed by atoms with Crippen molar-refractivity contribution >= 4 is 22.4 Å². The van der Waals surface area contributed by atoms with Crippen molar-refractivity contribution in [2.75, 3.05) is 7.04 Å². The number of benzene rings is 2. The van der Waals surface area contributed by atoms with Gasteiger partial charge in [0, 0.05) is 42.3 Å². The van der Waals surface area contributed by atoms with Crippen LogP contribution in [0.3, 0.4) is 0 Å². The average molecular weight is 363 g/mol. The van der Waals surface area contributed by atoms with Crippen molar-refractivity contribution in [2.24, 2.45) is 4.99 Å². The van der Waals surface area contributed by atoms with Gasteiger partial charge in [0.05, 0.1) is 22.4 Å². The molecule has 2 aromatic heterocycles. The van der Waals surface area contributed by atoms with Gasteiger partial charge in [0.25, 0.3) is 0 Å². The number of aromatic nitrogens is 2. The maximum Gasteiger partial charge on any atom is 0.197 e. The van der Waals surface area contributed by atoms with Crippen LogP contribution in [0.15, 0.2) is 84.1 Å². The molecule has 0 aliphatic heterocycles. The summed E-state index contributed by atoms with van der Waals surface area (Å²) in [5, 5.41) is 0.303. The summed E-state index contributed by atoms with van der Waals surface area (Å²) in [7, 11) is -2.93. The van der Waals surface area contributed by atoms with E-state index in [1.807, 2.05) is 60.7 Å². The van der Waals surface area contributed by atoms with Gasteiger partial charge in [-0.05, 0) is 12.9 Å². The molecular formula is C23H21N3O. The highest BCUT2D eigenvalue weighted by molar-refractivity contribution is 6.14. The fourth-order valence-corrected chi connectivity index (χ4v) is 2.95. The molecule has 0 N–H and O–H groups in total. The molecule has 4 aromatic rings. The van der Waals surface area contributed by atoms with Gasteiger partial charge in [-0.3, -0.25) is 0 Å². The van der Waals surface area contributed by atoms with E-state index in [0.29, 0.717) is 11.1 Å². The van der Waals surface area contributed by atoms with Gasteiger partial charge in [0.2, 0.25) is 0 Å². The Kier molecular flexibility index (Phi) is 2.78. The predicted molar refractivity (Wildman–Crippen MR) is 110 cm³/mol. The van der Waals surface area contributed by atoms with E-state index >= 15 is 0 Å². The summed E-state index contributed by atoms with van der Waals surface area (Å²) >= 11 is 0. The maximum atomic E-state index is 8.24. The van der Waals surface area contributed by atoms with Crippen LogP contribution in [0.1, 0.15) is 28.9 Å². The number of ether oxygens (including phenoxy) is 1. The number of hydrogen-bond donors (Lipinski definition) is 0. The van der Waals surface area contributed by atoms with E-state index < -0.39 is 20.4 Å². The maximum absolute atomic E-state index is 8.24. The summed E-state index contributed by atoms with van der Waals surface area (Å²) in [6, 6.07) is 19.8. The van der Waals surface area contributed by atoms with E-state index in [4.69, 9.17) is 15.7 Å². The summed E-state index contributed by atoms with van der Waals surface area (Å²) in [5.41, 5.74) is 1.86. The second-order valence-electron chi connectivity index (χ2n) is 5.81. The molecule has 0 unspecified atom stereocenters. The molecule has 0 amide bonds. The molecule has 0 aliphatic carbocycles. The Labute approximate surface area is 170 Å². The van der Waals surface area contributed by atoms with E-state index in [-0.39, 0.29) is 17.1 Å². The van der Waals surface area contributed by atoms with E-state index in [0.717, 1.165) is 15.7 Å². The number of aryl methyl sites for hydroxylation is 1. The van der Waals surface area contributed by atoms with Crippen molar-refractivity contribution in [1.29, 1.82) is 0 Å². The van der Waals surface area contributed by atoms with Crippen molar-refractivity contribution < 1.29 is 15.7 Å². The van der Waals surface area contributed by atoms with Gasteiger partial charge in [-0.25, -0.2) is 9.98 Å². The topological polar surface area (TPSA) is 39.4 Å². The molecule has 2 aromatic carbocycles. The van der Waals surface area contributed by atoms with Gasteiger partial charge >= 0.3 is 0 Å². The third-order valence-corrected chi connectivity index (χ3v) is 4.20. The molecule has 27 heavy (non-hydrogen) atoms. The molecule has 4 rings (SSSR count). The first kappa shape index (κ1) is 10.1. The van der Waals surface area contributed by atoms with Crippen LogP contribution in [0, 0.1) is 0 Å². The Bertz CT molecular complexity index is 1320.